The number of nitriles is 2. The molecular weight excluding hydrogens is 708 g/mol. The molecule has 0 fully saturated rings. The lowest BCUT2D eigenvalue weighted by Crippen LogP contribution is -2.11. The number of ether oxygens (including phenoxy) is 2. The Morgan fingerprint density at radius 1 is 0.473 bits per heavy atom. The predicted molar refractivity (Wildman–Crippen MR) is 197 cm³/mol. The van der Waals surface area contributed by atoms with Crippen molar-refractivity contribution in [1.82, 2.24) is 0 Å². The number of hydrogen-bond acceptors (Lipinski definition) is 6. The van der Waals surface area contributed by atoms with Gasteiger partial charge in [-0.1, -0.05) is 42.8 Å². The lowest BCUT2D eigenvalue weighted by molar-refractivity contribution is 0.0719. The van der Waals surface area contributed by atoms with E-state index in [-0.39, 0.29) is 33.8 Å². The zero-order chi connectivity index (χ0) is 38.9. The molecule has 0 spiro atoms. The maximum atomic E-state index is 14.9. The van der Waals surface area contributed by atoms with Gasteiger partial charge in [0.25, 0.3) is 0 Å². The largest absolute Gasteiger partial charge is 0.423 e. The predicted octanol–water partition coefficient (Wildman–Crippen LogP) is 10.7. The standard InChI is InChI=1S/C45H30F4N2O4/c46-40-22-28(10-18-38(40)44(52)54-34-16-20-36(42(48)24-34)32-12-6-30(26-50)7-13-32)4-2-1-3-5-29-11-19-39(41(47)23-29)45(53)55-35-17-21-37(43(49)25-35)33-14-8-31(27-51)9-15-33/h6-25H,1-5H2. The summed E-state index contributed by atoms with van der Waals surface area (Å²) in [6, 6.07) is 32.9. The molecule has 55 heavy (non-hydrogen) atoms. The minimum absolute atomic E-state index is 0.0853. The topological polar surface area (TPSA) is 100 Å². The van der Waals surface area contributed by atoms with Gasteiger partial charge in [-0.3, -0.25) is 0 Å². The fourth-order valence-electron chi connectivity index (χ4n) is 5.95. The number of hydrogen-bond donors (Lipinski definition) is 0. The first-order chi connectivity index (χ1) is 26.6. The molecule has 0 aliphatic carbocycles. The van der Waals surface area contributed by atoms with Gasteiger partial charge >= 0.3 is 11.9 Å². The van der Waals surface area contributed by atoms with Crippen molar-refractivity contribution in [2.75, 3.05) is 0 Å². The molecule has 0 aliphatic heterocycles. The summed E-state index contributed by atoms with van der Waals surface area (Å²) in [5.74, 6) is -4.93. The van der Waals surface area contributed by atoms with Gasteiger partial charge in [-0.05, 0) is 121 Å². The molecular formula is C45H30F4N2O4. The first-order valence-electron chi connectivity index (χ1n) is 17.2. The van der Waals surface area contributed by atoms with Gasteiger partial charge in [0.05, 0.1) is 34.4 Å². The maximum absolute atomic E-state index is 14.9. The van der Waals surface area contributed by atoms with Gasteiger partial charge < -0.3 is 9.47 Å². The maximum Gasteiger partial charge on any atom is 0.346 e. The summed E-state index contributed by atoms with van der Waals surface area (Å²) in [7, 11) is 0. The Kier molecular flexibility index (Phi) is 11.8. The normalized spacial score (nSPS) is 10.7. The van der Waals surface area contributed by atoms with Gasteiger partial charge in [0, 0.05) is 23.3 Å². The molecule has 0 saturated carbocycles. The number of aryl methyl sites for hydroxylation is 2. The van der Waals surface area contributed by atoms with Gasteiger partial charge in [0.1, 0.15) is 34.8 Å². The van der Waals surface area contributed by atoms with Crippen molar-refractivity contribution in [3.05, 3.63) is 178 Å². The first-order valence-corrected chi connectivity index (χ1v) is 17.2. The number of rotatable bonds is 12. The first kappa shape index (κ1) is 37.7. The van der Waals surface area contributed by atoms with Crippen LogP contribution in [0.25, 0.3) is 22.3 Å². The summed E-state index contributed by atoms with van der Waals surface area (Å²) in [5.41, 5.74) is 3.22. The molecule has 0 atom stereocenters. The van der Waals surface area contributed by atoms with E-state index in [2.05, 4.69) is 0 Å². The molecule has 6 rings (SSSR count). The molecule has 0 amide bonds. The van der Waals surface area contributed by atoms with Crippen molar-refractivity contribution >= 4 is 11.9 Å². The molecule has 0 N–H and O–H groups in total. The van der Waals surface area contributed by atoms with Crippen LogP contribution in [0.1, 0.15) is 62.2 Å². The van der Waals surface area contributed by atoms with E-state index in [1.807, 2.05) is 12.1 Å². The number of halogens is 4. The molecule has 0 aromatic heterocycles. The van der Waals surface area contributed by atoms with Crippen LogP contribution in [-0.2, 0) is 12.8 Å². The van der Waals surface area contributed by atoms with Crippen molar-refractivity contribution in [1.29, 1.82) is 10.5 Å². The van der Waals surface area contributed by atoms with Gasteiger partial charge in [-0.25, -0.2) is 27.2 Å². The SMILES string of the molecule is N#Cc1ccc(-c2ccc(OC(=O)c3ccc(CCCCCc4ccc(C(=O)Oc5ccc(-c6ccc(C#N)cc6)c(F)c5)c(F)c4)cc3F)cc2F)cc1. The van der Waals surface area contributed by atoms with E-state index in [4.69, 9.17) is 20.0 Å². The van der Waals surface area contributed by atoms with Crippen LogP contribution in [0.15, 0.2) is 121 Å². The van der Waals surface area contributed by atoms with Gasteiger partial charge in [0.15, 0.2) is 0 Å². The summed E-state index contributed by atoms with van der Waals surface area (Å²) in [6.45, 7) is 0. The third kappa shape index (κ3) is 9.31. The Morgan fingerprint density at radius 2 is 0.873 bits per heavy atom. The van der Waals surface area contributed by atoms with Crippen molar-refractivity contribution < 1.29 is 36.6 Å². The van der Waals surface area contributed by atoms with E-state index in [1.165, 1.54) is 48.5 Å². The number of unbranched alkanes of at least 4 members (excludes halogenated alkanes) is 2. The van der Waals surface area contributed by atoms with Crippen LogP contribution in [0.4, 0.5) is 17.6 Å². The molecule has 0 unspecified atom stereocenters. The Morgan fingerprint density at radius 3 is 1.22 bits per heavy atom. The Balaban J connectivity index is 0.954. The number of benzene rings is 6. The second kappa shape index (κ2) is 17.2. The number of nitrogens with zero attached hydrogens (tertiary/aromatic N) is 2. The smallest absolute Gasteiger partial charge is 0.346 e. The van der Waals surface area contributed by atoms with Gasteiger partial charge in [0.2, 0.25) is 0 Å². The average molecular weight is 739 g/mol. The molecule has 0 radical (unpaired) electrons. The lowest BCUT2D eigenvalue weighted by Gasteiger charge is -2.10. The van der Waals surface area contributed by atoms with E-state index in [0.29, 0.717) is 59.1 Å². The minimum Gasteiger partial charge on any atom is -0.423 e. The van der Waals surface area contributed by atoms with E-state index in [0.717, 1.165) is 18.6 Å². The number of carbonyl (C=O) groups is 2. The van der Waals surface area contributed by atoms with E-state index in [1.54, 1.807) is 60.7 Å². The second-order valence-corrected chi connectivity index (χ2v) is 12.6. The summed E-state index contributed by atoms with van der Waals surface area (Å²) in [6.07, 6.45) is 3.19. The zero-order valence-corrected chi connectivity index (χ0v) is 29.1. The fourth-order valence-corrected chi connectivity index (χ4v) is 5.95. The molecule has 6 nitrogen and oxygen atoms in total. The molecule has 0 bridgehead atoms. The summed E-state index contributed by atoms with van der Waals surface area (Å²) >= 11 is 0. The highest BCUT2D eigenvalue weighted by Gasteiger charge is 2.18. The highest BCUT2D eigenvalue weighted by Crippen LogP contribution is 2.29. The van der Waals surface area contributed by atoms with E-state index in [9.17, 15) is 27.2 Å². The van der Waals surface area contributed by atoms with Crippen molar-refractivity contribution in [3.8, 4) is 45.9 Å². The Hall–Kier alpha value is -7.04. The molecule has 0 aliphatic rings. The number of carbonyl (C=O) groups excluding carboxylic acids is 2. The van der Waals surface area contributed by atoms with Crippen LogP contribution in [0.3, 0.4) is 0 Å². The highest BCUT2D eigenvalue weighted by molar-refractivity contribution is 5.92. The van der Waals surface area contributed by atoms with E-state index < -0.39 is 35.2 Å². The van der Waals surface area contributed by atoms with Crippen LogP contribution in [0.5, 0.6) is 11.5 Å². The van der Waals surface area contributed by atoms with Crippen LogP contribution >= 0.6 is 0 Å². The average Bonchev–Trinajstić information content (AvgIpc) is 3.18. The molecule has 272 valence electrons. The zero-order valence-electron chi connectivity index (χ0n) is 29.1. The monoisotopic (exact) mass is 738 g/mol. The van der Waals surface area contributed by atoms with Crippen LogP contribution < -0.4 is 9.47 Å². The van der Waals surface area contributed by atoms with Crippen molar-refractivity contribution in [2.24, 2.45) is 0 Å². The summed E-state index contributed by atoms with van der Waals surface area (Å²) in [4.78, 5) is 25.4. The summed E-state index contributed by atoms with van der Waals surface area (Å²) < 4.78 is 69.9. The van der Waals surface area contributed by atoms with E-state index >= 15 is 0 Å². The Labute approximate surface area is 314 Å². The molecule has 6 aromatic carbocycles. The minimum atomic E-state index is -0.968. The molecule has 0 heterocycles. The third-order valence-electron chi connectivity index (χ3n) is 8.89. The highest BCUT2D eigenvalue weighted by atomic mass is 19.1. The van der Waals surface area contributed by atoms with Crippen molar-refractivity contribution in [3.63, 3.8) is 0 Å². The van der Waals surface area contributed by atoms with Crippen LogP contribution in [0.2, 0.25) is 0 Å². The van der Waals surface area contributed by atoms with Gasteiger partial charge in [-0.15, -0.1) is 0 Å². The van der Waals surface area contributed by atoms with Crippen molar-refractivity contribution in [2.45, 2.75) is 32.1 Å². The summed E-state index contributed by atoms with van der Waals surface area (Å²) in [5, 5.41) is 17.9. The fraction of sp³-hybridized carbons (Fsp3) is 0.111. The van der Waals surface area contributed by atoms with Crippen LogP contribution in [0, 0.1) is 45.9 Å². The Bertz CT molecular complexity index is 2300. The third-order valence-corrected chi connectivity index (χ3v) is 8.89. The quantitative estimate of drug-likeness (QED) is 0.0536. The van der Waals surface area contributed by atoms with Gasteiger partial charge in [-0.2, -0.15) is 10.5 Å². The lowest BCUT2D eigenvalue weighted by atomic mass is 10.0. The molecule has 6 aromatic rings. The second-order valence-electron chi connectivity index (χ2n) is 12.6. The molecule has 0 saturated heterocycles. The number of esters is 2. The molecule has 10 heteroatoms. The van der Waals surface area contributed by atoms with Crippen LogP contribution in [-0.4, -0.2) is 11.9 Å².